The van der Waals surface area contributed by atoms with Gasteiger partial charge in [0.2, 0.25) is 5.91 Å². The SMILES string of the molecule is COc1ccc(OC)c(CCNC(=O)[C@@H]2c3ccccc3C(=O)N(CC(C)C)[C@H]2c2cccs2)c1. The van der Waals surface area contributed by atoms with Crippen molar-refractivity contribution in [2.75, 3.05) is 27.3 Å². The molecule has 6 nitrogen and oxygen atoms in total. The van der Waals surface area contributed by atoms with E-state index in [2.05, 4.69) is 19.2 Å². The van der Waals surface area contributed by atoms with E-state index < -0.39 is 5.92 Å². The molecule has 1 aromatic heterocycles. The summed E-state index contributed by atoms with van der Waals surface area (Å²) in [5, 5.41) is 5.14. The van der Waals surface area contributed by atoms with Gasteiger partial charge in [-0.15, -0.1) is 11.3 Å². The van der Waals surface area contributed by atoms with E-state index in [-0.39, 0.29) is 23.8 Å². The normalized spacial score (nSPS) is 17.3. The molecule has 0 saturated carbocycles. The van der Waals surface area contributed by atoms with Gasteiger partial charge in [-0.3, -0.25) is 9.59 Å². The summed E-state index contributed by atoms with van der Waals surface area (Å²) in [7, 11) is 3.26. The third-order valence-electron chi connectivity index (χ3n) is 6.30. The number of hydrogen-bond acceptors (Lipinski definition) is 5. The average Bonchev–Trinajstić information content (AvgIpc) is 3.39. The first-order chi connectivity index (χ1) is 16.9. The van der Waals surface area contributed by atoms with Crippen LogP contribution in [0.3, 0.4) is 0 Å². The van der Waals surface area contributed by atoms with Gasteiger partial charge in [0, 0.05) is 23.5 Å². The molecular formula is C28H32N2O4S. The van der Waals surface area contributed by atoms with Crippen LogP contribution < -0.4 is 14.8 Å². The molecule has 2 atom stereocenters. The third kappa shape index (κ3) is 5.20. The Morgan fingerprint density at radius 3 is 2.57 bits per heavy atom. The molecule has 0 saturated heterocycles. The quantitative estimate of drug-likeness (QED) is 0.453. The summed E-state index contributed by atoms with van der Waals surface area (Å²) < 4.78 is 10.8. The van der Waals surface area contributed by atoms with E-state index in [0.29, 0.717) is 25.1 Å². The summed E-state index contributed by atoms with van der Waals surface area (Å²) in [5.74, 6) is 1.18. The van der Waals surface area contributed by atoms with Crippen LogP contribution in [0.2, 0.25) is 0 Å². The number of fused-ring (bicyclic) bond motifs is 1. The summed E-state index contributed by atoms with van der Waals surface area (Å²) in [4.78, 5) is 30.2. The monoisotopic (exact) mass is 492 g/mol. The zero-order valence-corrected chi connectivity index (χ0v) is 21.4. The lowest BCUT2D eigenvalue weighted by Crippen LogP contribution is -2.48. The number of rotatable bonds is 9. The van der Waals surface area contributed by atoms with Crippen molar-refractivity contribution in [3.63, 3.8) is 0 Å². The fourth-order valence-corrected chi connectivity index (χ4v) is 5.63. The number of carbonyl (C=O) groups excluding carboxylic acids is 2. The molecule has 4 rings (SSSR count). The molecule has 184 valence electrons. The first-order valence-electron chi connectivity index (χ1n) is 11.9. The molecule has 2 amide bonds. The van der Waals surface area contributed by atoms with Crippen LogP contribution in [0.1, 0.15) is 52.2 Å². The largest absolute Gasteiger partial charge is 0.497 e. The smallest absolute Gasteiger partial charge is 0.254 e. The predicted molar refractivity (Wildman–Crippen MR) is 138 cm³/mol. The molecule has 1 N–H and O–H groups in total. The zero-order valence-electron chi connectivity index (χ0n) is 20.6. The molecule has 1 aliphatic rings. The van der Waals surface area contributed by atoms with Crippen molar-refractivity contribution in [3.8, 4) is 11.5 Å². The van der Waals surface area contributed by atoms with E-state index in [9.17, 15) is 9.59 Å². The molecule has 0 fully saturated rings. The Labute approximate surface area is 210 Å². The topological polar surface area (TPSA) is 67.9 Å². The number of methoxy groups -OCH3 is 2. The van der Waals surface area contributed by atoms with Gasteiger partial charge in [0.15, 0.2) is 0 Å². The molecule has 0 aliphatic carbocycles. The van der Waals surface area contributed by atoms with Crippen LogP contribution in [0.25, 0.3) is 0 Å². The lowest BCUT2D eigenvalue weighted by molar-refractivity contribution is -0.124. The minimum Gasteiger partial charge on any atom is -0.497 e. The Kier molecular flexibility index (Phi) is 7.76. The number of ether oxygens (including phenoxy) is 2. The van der Waals surface area contributed by atoms with Gasteiger partial charge in [-0.25, -0.2) is 0 Å². The Balaban J connectivity index is 1.63. The van der Waals surface area contributed by atoms with Gasteiger partial charge in [-0.05, 0) is 59.2 Å². The highest BCUT2D eigenvalue weighted by molar-refractivity contribution is 7.10. The van der Waals surface area contributed by atoms with Crippen molar-refractivity contribution in [2.24, 2.45) is 5.92 Å². The predicted octanol–water partition coefficient (Wildman–Crippen LogP) is 5.06. The van der Waals surface area contributed by atoms with Crippen LogP contribution in [-0.4, -0.2) is 44.0 Å². The number of nitrogens with zero attached hydrogens (tertiary/aromatic N) is 1. The molecule has 0 radical (unpaired) electrons. The number of nitrogens with one attached hydrogen (secondary N) is 1. The maximum absolute atomic E-state index is 13.8. The maximum atomic E-state index is 13.8. The molecular weight excluding hydrogens is 460 g/mol. The minimum absolute atomic E-state index is 0.0159. The van der Waals surface area contributed by atoms with E-state index in [4.69, 9.17) is 9.47 Å². The molecule has 2 aromatic carbocycles. The Hall–Kier alpha value is -3.32. The molecule has 0 spiro atoms. The van der Waals surface area contributed by atoms with E-state index in [1.807, 2.05) is 64.9 Å². The maximum Gasteiger partial charge on any atom is 0.254 e. The second-order valence-electron chi connectivity index (χ2n) is 9.10. The first-order valence-corrected chi connectivity index (χ1v) is 12.7. The Morgan fingerprint density at radius 2 is 1.89 bits per heavy atom. The average molecular weight is 493 g/mol. The van der Waals surface area contributed by atoms with Crippen LogP contribution >= 0.6 is 11.3 Å². The van der Waals surface area contributed by atoms with E-state index in [1.54, 1.807) is 25.6 Å². The fraction of sp³-hybridized carbons (Fsp3) is 0.357. The van der Waals surface area contributed by atoms with Gasteiger partial charge in [0.25, 0.3) is 5.91 Å². The molecule has 0 unspecified atom stereocenters. The van der Waals surface area contributed by atoms with Crippen molar-refractivity contribution in [2.45, 2.75) is 32.2 Å². The Morgan fingerprint density at radius 1 is 1.09 bits per heavy atom. The summed E-state index contributed by atoms with van der Waals surface area (Å²) in [5.41, 5.74) is 2.35. The van der Waals surface area contributed by atoms with Crippen LogP contribution in [0, 0.1) is 5.92 Å². The molecule has 7 heteroatoms. The molecule has 3 aromatic rings. The summed E-state index contributed by atoms with van der Waals surface area (Å²) in [6.07, 6.45) is 0.596. The number of thiophene rings is 1. The van der Waals surface area contributed by atoms with Crippen molar-refractivity contribution in [1.29, 1.82) is 0 Å². The summed E-state index contributed by atoms with van der Waals surface area (Å²) in [6, 6.07) is 16.8. The van der Waals surface area contributed by atoms with Crippen molar-refractivity contribution >= 4 is 23.2 Å². The van der Waals surface area contributed by atoms with Gasteiger partial charge >= 0.3 is 0 Å². The zero-order chi connectivity index (χ0) is 24.9. The molecule has 0 bridgehead atoms. The van der Waals surface area contributed by atoms with Gasteiger partial charge in [-0.1, -0.05) is 38.1 Å². The van der Waals surface area contributed by atoms with Crippen molar-refractivity contribution < 1.29 is 19.1 Å². The highest BCUT2D eigenvalue weighted by atomic mass is 32.1. The summed E-state index contributed by atoms with van der Waals surface area (Å²) >= 11 is 1.58. The number of benzene rings is 2. The van der Waals surface area contributed by atoms with Gasteiger partial charge < -0.3 is 19.7 Å². The van der Waals surface area contributed by atoms with Crippen molar-refractivity contribution in [1.82, 2.24) is 10.2 Å². The van der Waals surface area contributed by atoms with Gasteiger partial charge in [0.1, 0.15) is 11.5 Å². The fourth-order valence-electron chi connectivity index (χ4n) is 4.75. The van der Waals surface area contributed by atoms with E-state index in [0.717, 1.165) is 27.5 Å². The lowest BCUT2D eigenvalue weighted by atomic mass is 9.81. The second kappa shape index (κ2) is 11.0. The number of amides is 2. The standard InChI is InChI=1S/C28H32N2O4S/c1-18(2)17-30-26(24-10-7-15-35-24)25(21-8-5-6-9-22(21)28(30)32)27(31)29-14-13-19-16-20(33-3)11-12-23(19)34-4/h5-12,15-16,18,25-26H,13-14,17H2,1-4H3,(H,29,31)/t25-,26+/m1/s1. The van der Waals surface area contributed by atoms with E-state index in [1.165, 1.54) is 0 Å². The summed E-state index contributed by atoms with van der Waals surface area (Å²) in [6.45, 7) is 5.21. The van der Waals surface area contributed by atoms with Crippen molar-refractivity contribution in [3.05, 3.63) is 81.5 Å². The highest BCUT2D eigenvalue weighted by Gasteiger charge is 2.44. The lowest BCUT2D eigenvalue weighted by Gasteiger charge is -2.42. The number of hydrogen-bond donors (Lipinski definition) is 1. The first kappa shape index (κ1) is 24.8. The highest BCUT2D eigenvalue weighted by Crippen LogP contribution is 2.44. The molecule has 1 aliphatic heterocycles. The second-order valence-corrected chi connectivity index (χ2v) is 10.1. The van der Waals surface area contributed by atoms with Crippen LogP contribution in [0.15, 0.2) is 60.0 Å². The van der Waals surface area contributed by atoms with Gasteiger partial charge in [-0.2, -0.15) is 0 Å². The van der Waals surface area contributed by atoms with Crippen LogP contribution in [0.4, 0.5) is 0 Å². The van der Waals surface area contributed by atoms with Crippen LogP contribution in [0.5, 0.6) is 11.5 Å². The van der Waals surface area contributed by atoms with Gasteiger partial charge in [0.05, 0.1) is 26.2 Å². The molecule has 35 heavy (non-hydrogen) atoms. The number of carbonyl (C=O) groups is 2. The Bertz CT molecular complexity index is 1180. The molecule has 2 heterocycles. The minimum atomic E-state index is -0.492. The third-order valence-corrected chi connectivity index (χ3v) is 7.24. The van der Waals surface area contributed by atoms with Crippen LogP contribution in [-0.2, 0) is 11.2 Å². The van der Waals surface area contributed by atoms with E-state index >= 15 is 0 Å².